The van der Waals surface area contributed by atoms with Crippen LogP contribution >= 0.6 is 11.8 Å². The van der Waals surface area contributed by atoms with Crippen LogP contribution in [0.4, 0.5) is 0 Å². The van der Waals surface area contributed by atoms with E-state index in [0.29, 0.717) is 13.0 Å². The Balaban J connectivity index is 3.79. The summed E-state index contributed by atoms with van der Waals surface area (Å²) >= 11 is 1.64. The van der Waals surface area contributed by atoms with E-state index in [4.69, 9.17) is 10.5 Å². The van der Waals surface area contributed by atoms with Crippen molar-refractivity contribution in [3.05, 3.63) is 0 Å². The van der Waals surface area contributed by atoms with E-state index in [0.717, 1.165) is 5.75 Å². The van der Waals surface area contributed by atoms with Gasteiger partial charge >= 0.3 is 5.97 Å². The van der Waals surface area contributed by atoms with Crippen molar-refractivity contribution < 1.29 is 9.53 Å². The van der Waals surface area contributed by atoms with Crippen molar-refractivity contribution in [3.8, 4) is 0 Å². The molecule has 0 heterocycles. The summed E-state index contributed by atoms with van der Waals surface area (Å²) < 4.78 is 4.80. The highest BCUT2D eigenvalue weighted by molar-refractivity contribution is 7.98. The minimum atomic E-state index is -0.439. The molecule has 0 spiro atoms. The number of nitrogens with two attached hydrogens (primary N) is 1. The third-order valence-electron chi connectivity index (χ3n) is 1.33. The van der Waals surface area contributed by atoms with Gasteiger partial charge in [0.05, 0.1) is 13.0 Å². The Labute approximate surface area is 78.0 Å². The number of rotatable bonds is 5. The zero-order valence-corrected chi connectivity index (χ0v) is 8.74. The fraction of sp³-hybridized carbons (Fsp3) is 0.875. The van der Waals surface area contributed by atoms with Gasteiger partial charge in [-0.05, 0) is 20.1 Å². The molecule has 0 aliphatic rings. The van der Waals surface area contributed by atoms with Crippen molar-refractivity contribution in [2.75, 3.05) is 18.6 Å². The highest BCUT2D eigenvalue weighted by Gasteiger charge is 2.22. The van der Waals surface area contributed by atoms with Gasteiger partial charge in [0, 0.05) is 11.3 Å². The smallest absolute Gasteiger partial charge is 0.307 e. The maximum atomic E-state index is 11.0. The zero-order chi connectivity index (χ0) is 9.61. The number of hydrogen-bond acceptors (Lipinski definition) is 4. The fourth-order valence-corrected chi connectivity index (χ4v) is 1.68. The standard InChI is InChI=1S/C8H17NO2S/c1-4-11-7(10)5-8(2,9)6-12-3/h4-6,9H2,1-3H3. The molecule has 0 amide bonds. The van der Waals surface area contributed by atoms with Gasteiger partial charge in [0.25, 0.3) is 0 Å². The molecule has 2 N–H and O–H groups in total. The van der Waals surface area contributed by atoms with Crippen molar-refractivity contribution in [1.82, 2.24) is 0 Å². The average molecular weight is 191 g/mol. The zero-order valence-electron chi connectivity index (χ0n) is 7.92. The van der Waals surface area contributed by atoms with Gasteiger partial charge in [-0.1, -0.05) is 0 Å². The summed E-state index contributed by atoms with van der Waals surface area (Å²) in [6.07, 6.45) is 2.26. The first-order valence-electron chi connectivity index (χ1n) is 3.95. The normalized spacial score (nSPS) is 15.3. The molecule has 0 radical (unpaired) electrons. The van der Waals surface area contributed by atoms with Crippen LogP contribution in [0.3, 0.4) is 0 Å². The largest absolute Gasteiger partial charge is 0.466 e. The van der Waals surface area contributed by atoms with E-state index in [9.17, 15) is 4.79 Å². The first-order chi connectivity index (χ1) is 5.52. The molecule has 3 nitrogen and oxygen atoms in total. The second kappa shape index (κ2) is 5.43. The Morgan fingerprint density at radius 1 is 1.67 bits per heavy atom. The van der Waals surface area contributed by atoms with Crippen molar-refractivity contribution in [2.45, 2.75) is 25.8 Å². The molecular formula is C8H17NO2S. The number of esters is 1. The van der Waals surface area contributed by atoms with Crippen molar-refractivity contribution in [1.29, 1.82) is 0 Å². The van der Waals surface area contributed by atoms with E-state index in [1.165, 1.54) is 0 Å². The lowest BCUT2D eigenvalue weighted by molar-refractivity contribution is -0.144. The van der Waals surface area contributed by atoms with Gasteiger partial charge in [0.15, 0.2) is 0 Å². The van der Waals surface area contributed by atoms with Crippen LogP contribution in [-0.2, 0) is 9.53 Å². The molecular weight excluding hydrogens is 174 g/mol. The molecule has 0 fully saturated rings. The van der Waals surface area contributed by atoms with Gasteiger partial charge < -0.3 is 10.5 Å². The van der Waals surface area contributed by atoms with Crippen LogP contribution < -0.4 is 5.73 Å². The van der Waals surface area contributed by atoms with Crippen LogP contribution in [0.2, 0.25) is 0 Å². The third-order valence-corrected chi connectivity index (χ3v) is 2.28. The van der Waals surface area contributed by atoms with Crippen molar-refractivity contribution >= 4 is 17.7 Å². The van der Waals surface area contributed by atoms with Gasteiger partial charge in [-0.15, -0.1) is 0 Å². The quantitative estimate of drug-likeness (QED) is 0.659. The Morgan fingerprint density at radius 3 is 2.67 bits per heavy atom. The Kier molecular flexibility index (Phi) is 5.33. The van der Waals surface area contributed by atoms with Crippen LogP contribution in [0.15, 0.2) is 0 Å². The molecule has 1 atom stereocenters. The summed E-state index contributed by atoms with van der Waals surface area (Å²) in [6, 6.07) is 0. The topological polar surface area (TPSA) is 52.3 Å². The lowest BCUT2D eigenvalue weighted by Crippen LogP contribution is -2.41. The van der Waals surface area contributed by atoms with Crippen LogP contribution in [0.5, 0.6) is 0 Å². The van der Waals surface area contributed by atoms with Crippen molar-refractivity contribution in [2.24, 2.45) is 5.73 Å². The maximum absolute atomic E-state index is 11.0. The van der Waals surface area contributed by atoms with Gasteiger partial charge in [-0.25, -0.2) is 0 Å². The predicted molar refractivity (Wildman–Crippen MR) is 52.2 cm³/mol. The van der Waals surface area contributed by atoms with Crippen LogP contribution in [0, 0.1) is 0 Å². The summed E-state index contributed by atoms with van der Waals surface area (Å²) in [5, 5.41) is 0. The Hall–Kier alpha value is -0.220. The highest BCUT2D eigenvalue weighted by Crippen LogP contribution is 2.12. The molecule has 0 aliphatic heterocycles. The van der Waals surface area contributed by atoms with E-state index >= 15 is 0 Å². The molecule has 0 rings (SSSR count). The summed E-state index contributed by atoms with van der Waals surface area (Å²) in [6.45, 7) is 4.08. The minimum absolute atomic E-state index is 0.212. The first kappa shape index (κ1) is 11.8. The van der Waals surface area contributed by atoms with Gasteiger partial charge in [-0.3, -0.25) is 4.79 Å². The number of ether oxygens (including phenoxy) is 1. The van der Waals surface area contributed by atoms with E-state index < -0.39 is 5.54 Å². The maximum Gasteiger partial charge on any atom is 0.307 e. The number of carbonyl (C=O) groups is 1. The van der Waals surface area contributed by atoms with Gasteiger partial charge in [0.1, 0.15) is 0 Å². The molecule has 0 aliphatic carbocycles. The SMILES string of the molecule is CCOC(=O)CC(C)(N)CSC. The first-order valence-corrected chi connectivity index (χ1v) is 5.34. The second-order valence-electron chi connectivity index (χ2n) is 3.07. The van der Waals surface area contributed by atoms with E-state index in [1.807, 2.05) is 13.2 Å². The number of carbonyl (C=O) groups excluding carboxylic acids is 1. The molecule has 0 saturated heterocycles. The number of thioether (sulfide) groups is 1. The minimum Gasteiger partial charge on any atom is -0.466 e. The molecule has 12 heavy (non-hydrogen) atoms. The predicted octanol–water partition coefficient (Wildman–Crippen LogP) is 1.02. The van der Waals surface area contributed by atoms with Crippen molar-refractivity contribution in [3.63, 3.8) is 0 Å². The van der Waals surface area contributed by atoms with E-state index in [-0.39, 0.29) is 5.97 Å². The van der Waals surface area contributed by atoms with Gasteiger partial charge in [-0.2, -0.15) is 11.8 Å². The van der Waals surface area contributed by atoms with E-state index in [1.54, 1.807) is 18.7 Å². The summed E-state index contributed by atoms with van der Waals surface area (Å²) in [5.74, 6) is 0.558. The average Bonchev–Trinajstić information content (AvgIpc) is 1.85. The molecule has 72 valence electrons. The molecule has 4 heteroatoms. The third kappa shape index (κ3) is 5.43. The highest BCUT2D eigenvalue weighted by atomic mass is 32.2. The molecule has 0 aromatic rings. The second-order valence-corrected chi connectivity index (χ2v) is 3.93. The number of hydrogen-bond donors (Lipinski definition) is 1. The van der Waals surface area contributed by atoms with Crippen LogP contribution in [-0.4, -0.2) is 30.1 Å². The molecule has 0 saturated carbocycles. The monoisotopic (exact) mass is 191 g/mol. The molecule has 0 aromatic carbocycles. The van der Waals surface area contributed by atoms with Gasteiger partial charge in [0.2, 0.25) is 0 Å². The lowest BCUT2D eigenvalue weighted by atomic mass is 10.0. The molecule has 0 aromatic heterocycles. The summed E-state index contributed by atoms with van der Waals surface area (Å²) in [4.78, 5) is 11.0. The molecule has 0 bridgehead atoms. The lowest BCUT2D eigenvalue weighted by Gasteiger charge is -2.21. The molecule has 1 unspecified atom stereocenters. The van der Waals surface area contributed by atoms with Crippen LogP contribution in [0.1, 0.15) is 20.3 Å². The fourth-order valence-electron chi connectivity index (χ4n) is 0.923. The van der Waals surface area contributed by atoms with Crippen LogP contribution in [0.25, 0.3) is 0 Å². The van der Waals surface area contributed by atoms with E-state index in [2.05, 4.69) is 0 Å². The summed E-state index contributed by atoms with van der Waals surface area (Å²) in [5.41, 5.74) is 5.40. The Bertz CT molecular complexity index is 148. The summed E-state index contributed by atoms with van der Waals surface area (Å²) in [7, 11) is 0. The Morgan fingerprint density at radius 2 is 2.25 bits per heavy atom.